The first kappa shape index (κ1) is 21.1. The highest BCUT2D eigenvalue weighted by Crippen LogP contribution is 2.50. The van der Waals surface area contributed by atoms with E-state index < -0.39 is 47.2 Å². The summed E-state index contributed by atoms with van der Waals surface area (Å²) < 4.78 is 41.3. The fourth-order valence-electron chi connectivity index (χ4n) is 5.43. The van der Waals surface area contributed by atoms with Crippen LogP contribution >= 0.6 is 0 Å². The Labute approximate surface area is 181 Å². The van der Waals surface area contributed by atoms with E-state index in [1.54, 1.807) is 11.0 Å². The zero-order valence-corrected chi connectivity index (χ0v) is 17.0. The van der Waals surface area contributed by atoms with Crippen LogP contribution in [-0.4, -0.2) is 71.8 Å². The average Bonchev–Trinajstić information content (AvgIpc) is 3.34. The van der Waals surface area contributed by atoms with Crippen molar-refractivity contribution in [1.29, 1.82) is 0 Å². The maximum Gasteiger partial charge on any atom is 0.397 e. The van der Waals surface area contributed by atoms with Gasteiger partial charge in [0.25, 0.3) is 11.8 Å². The highest BCUT2D eigenvalue weighted by atomic mass is 19.4. The topological polar surface area (TPSA) is 98.8 Å². The van der Waals surface area contributed by atoms with Gasteiger partial charge in [-0.25, -0.2) is 0 Å². The Bertz CT molecular complexity index is 1040. The lowest BCUT2D eigenvalue weighted by Gasteiger charge is -2.30. The van der Waals surface area contributed by atoms with Crippen molar-refractivity contribution in [1.82, 2.24) is 20.4 Å². The minimum Gasteiger partial charge on any atom is -0.315 e. The van der Waals surface area contributed by atoms with Crippen LogP contribution in [0.5, 0.6) is 0 Å². The van der Waals surface area contributed by atoms with Crippen molar-refractivity contribution in [3.05, 3.63) is 34.9 Å². The number of benzene rings is 1. The van der Waals surface area contributed by atoms with E-state index in [9.17, 15) is 32.3 Å². The molecule has 4 aliphatic heterocycles. The maximum absolute atomic E-state index is 13.8. The van der Waals surface area contributed by atoms with Crippen LogP contribution < -0.4 is 10.6 Å². The Morgan fingerprint density at radius 1 is 1.09 bits per heavy atom. The van der Waals surface area contributed by atoms with Gasteiger partial charge in [-0.2, -0.15) is 13.2 Å². The minimum absolute atomic E-state index is 0.0288. The van der Waals surface area contributed by atoms with E-state index in [-0.39, 0.29) is 43.6 Å². The molecule has 0 spiro atoms. The van der Waals surface area contributed by atoms with Gasteiger partial charge in [-0.15, -0.1) is 0 Å². The molecule has 32 heavy (non-hydrogen) atoms. The molecule has 0 aliphatic carbocycles. The predicted octanol–water partition coefficient (Wildman–Crippen LogP) is 0.672. The molecule has 4 heterocycles. The number of halogens is 3. The molecule has 5 rings (SSSR count). The summed E-state index contributed by atoms with van der Waals surface area (Å²) in [5, 5.41) is 5.00. The predicted molar refractivity (Wildman–Crippen MR) is 103 cm³/mol. The largest absolute Gasteiger partial charge is 0.397 e. The Balaban J connectivity index is 1.35. The molecule has 11 heteroatoms. The molecule has 0 saturated carbocycles. The van der Waals surface area contributed by atoms with E-state index in [2.05, 4.69) is 10.6 Å². The van der Waals surface area contributed by atoms with Crippen LogP contribution in [0.15, 0.2) is 18.2 Å². The molecular weight excluding hydrogens is 429 g/mol. The van der Waals surface area contributed by atoms with Gasteiger partial charge in [0.05, 0.1) is 16.5 Å². The number of carbonyl (C=O) groups is 4. The van der Waals surface area contributed by atoms with E-state index in [0.29, 0.717) is 18.7 Å². The molecular formula is C21H21F3N4O4. The molecule has 4 aliphatic rings. The molecule has 2 N–H and O–H groups in total. The van der Waals surface area contributed by atoms with Gasteiger partial charge in [0.2, 0.25) is 11.8 Å². The third kappa shape index (κ3) is 3.06. The van der Waals surface area contributed by atoms with Gasteiger partial charge in [-0.05, 0) is 24.1 Å². The number of likely N-dealkylation sites (tertiary alicyclic amines) is 1. The average molecular weight is 450 g/mol. The van der Waals surface area contributed by atoms with E-state index in [1.165, 1.54) is 12.1 Å². The minimum atomic E-state index is -4.31. The summed E-state index contributed by atoms with van der Waals surface area (Å²) in [5.41, 5.74) is -0.861. The van der Waals surface area contributed by atoms with Gasteiger partial charge in [0.15, 0.2) is 0 Å². The molecule has 170 valence electrons. The normalized spacial score (nSPS) is 30.7. The third-order valence-corrected chi connectivity index (χ3v) is 7.07. The van der Waals surface area contributed by atoms with Crippen molar-refractivity contribution in [2.24, 2.45) is 11.3 Å². The Kier molecular flexibility index (Phi) is 4.68. The van der Waals surface area contributed by atoms with Crippen LogP contribution in [0.25, 0.3) is 0 Å². The van der Waals surface area contributed by atoms with E-state index >= 15 is 0 Å². The molecule has 8 nitrogen and oxygen atoms in total. The van der Waals surface area contributed by atoms with Gasteiger partial charge in [-0.3, -0.25) is 34.3 Å². The lowest BCUT2D eigenvalue weighted by atomic mass is 9.80. The fraction of sp³-hybridized carbons (Fsp3) is 0.524. The van der Waals surface area contributed by atoms with Gasteiger partial charge in [0, 0.05) is 45.1 Å². The van der Waals surface area contributed by atoms with Crippen molar-refractivity contribution in [2.75, 3.05) is 26.2 Å². The first-order valence-corrected chi connectivity index (χ1v) is 10.4. The van der Waals surface area contributed by atoms with E-state index in [0.717, 1.165) is 4.90 Å². The molecule has 0 radical (unpaired) electrons. The highest BCUT2D eigenvalue weighted by molar-refractivity contribution is 6.23. The summed E-state index contributed by atoms with van der Waals surface area (Å²) in [6, 6.07) is 3.58. The molecule has 1 unspecified atom stereocenters. The standard InChI is InChI=1S/C21H21F3N4O4/c22-21(23,24)20-9-25-6-12(20)8-27(10-20)7-11-1-2-13-14(5-11)19(32)28(18(13)31)15-3-4-16(29)26-17(15)30/h1-2,5,12,15,25H,3-4,6-10H2,(H,26,29,30)/t12-,15?,20-/m1/s1. The van der Waals surface area contributed by atoms with Crippen LogP contribution in [0.4, 0.5) is 13.2 Å². The zero-order valence-electron chi connectivity index (χ0n) is 17.0. The van der Waals surface area contributed by atoms with Crippen LogP contribution in [0.2, 0.25) is 0 Å². The number of nitrogens with zero attached hydrogens (tertiary/aromatic N) is 2. The Hall–Kier alpha value is -2.79. The highest BCUT2D eigenvalue weighted by Gasteiger charge is 2.64. The number of carbonyl (C=O) groups excluding carboxylic acids is 4. The molecule has 0 aromatic heterocycles. The Morgan fingerprint density at radius 3 is 2.53 bits per heavy atom. The first-order chi connectivity index (χ1) is 15.1. The SMILES string of the molecule is O=C1CCC(N2C(=O)c3ccc(CN4C[C@H]5CNC[C@@]5(C(F)(F)F)C4)cc3C2=O)C(=O)N1. The molecule has 1 aromatic rings. The van der Waals surface area contributed by atoms with Gasteiger partial charge in [0.1, 0.15) is 6.04 Å². The van der Waals surface area contributed by atoms with Crippen LogP contribution in [0.1, 0.15) is 39.1 Å². The lowest BCUT2D eigenvalue weighted by molar-refractivity contribution is -0.221. The number of rotatable bonds is 3. The summed E-state index contributed by atoms with van der Waals surface area (Å²) in [6.45, 7) is 0.602. The second kappa shape index (κ2) is 7.11. The van der Waals surface area contributed by atoms with Gasteiger partial charge in [-0.1, -0.05) is 6.07 Å². The van der Waals surface area contributed by atoms with Crippen molar-refractivity contribution in [3.8, 4) is 0 Å². The summed E-state index contributed by atoms with van der Waals surface area (Å²) in [4.78, 5) is 51.9. The summed E-state index contributed by atoms with van der Waals surface area (Å²) >= 11 is 0. The number of hydrogen-bond donors (Lipinski definition) is 2. The molecule has 3 saturated heterocycles. The number of amides is 4. The maximum atomic E-state index is 13.8. The quantitative estimate of drug-likeness (QED) is 0.657. The Morgan fingerprint density at radius 2 is 1.84 bits per heavy atom. The zero-order chi connectivity index (χ0) is 22.8. The summed E-state index contributed by atoms with van der Waals surface area (Å²) in [6.07, 6.45) is -4.22. The second-order valence-corrected chi connectivity index (χ2v) is 8.98. The van der Waals surface area contributed by atoms with Crippen molar-refractivity contribution in [3.63, 3.8) is 0 Å². The van der Waals surface area contributed by atoms with Gasteiger partial charge < -0.3 is 5.32 Å². The van der Waals surface area contributed by atoms with Gasteiger partial charge >= 0.3 is 6.18 Å². The number of piperidine rings is 1. The smallest absolute Gasteiger partial charge is 0.315 e. The number of imide groups is 2. The molecule has 3 fully saturated rings. The van der Waals surface area contributed by atoms with Crippen LogP contribution in [0.3, 0.4) is 0 Å². The molecule has 1 aromatic carbocycles. The number of alkyl halides is 3. The number of fused-ring (bicyclic) bond motifs is 2. The number of hydrogen-bond acceptors (Lipinski definition) is 6. The molecule has 4 amide bonds. The van der Waals surface area contributed by atoms with E-state index in [4.69, 9.17) is 0 Å². The molecule has 0 bridgehead atoms. The van der Waals surface area contributed by atoms with Crippen molar-refractivity contribution >= 4 is 23.6 Å². The van der Waals surface area contributed by atoms with Crippen LogP contribution in [-0.2, 0) is 16.1 Å². The summed E-state index contributed by atoms with van der Waals surface area (Å²) in [7, 11) is 0. The van der Waals surface area contributed by atoms with Crippen LogP contribution in [0, 0.1) is 11.3 Å². The van der Waals surface area contributed by atoms with Crippen molar-refractivity contribution < 1.29 is 32.3 Å². The fourth-order valence-corrected chi connectivity index (χ4v) is 5.43. The first-order valence-electron chi connectivity index (χ1n) is 10.4. The second-order valence-electron chi connectivity index (χ2n) is 8.98. The van der Waals surface area contributed by atoms with E-state index in [1.807, 2.05) is 0 Å². The number of nitrogens with one attached hydrogen (secondary N) is 2. The summed E-state index contributed by atoms with van der Waals surface area (Å²) in [5.74, 6) is -2.90. The molecule has 3 atom stereocenters. The van der Waals surface area contributed by atoms with Crippen molar-refractivity contribution in [2.45, 2.75) is 31.6 Å². The monoisotopic (exact) mass is 450 g/mol. The third-order valence-electron chi connectivity index (χ3n) is 7.07. The lowest BCUT2D eigenvalue weighted by Crippen LogP contribution is -2.54.